The van der Waals surface area contributed by atoms with Crippen LogP contribution in [0.2, 0.25) is 5.15 Å². The molecule has 3 N–H and O–H groups in total. The molecule has 5 nitrogen and oxygen atoms in total. The highest BCUT2D eigenvalue weighted by atomic mass is 35.5. The Bertz CT molecular complexity index is 452. The van der Waals surface area contributed by atoms with E-state index in [9.17, 15) is 4.79 Å². The van der Waals surface area contributed by atoms with Crippen LogP contribution >= 0.6 is 11.6 Å². The number of anilines is 1. The molecule has 1 aromatic rings. The number of rotatable bonds is 6. The smallest absolute Gasteiger partial charge is 0.254 e. The first-order valence-corrected chi connectivity index (χ1v) is 7.14. The van der Waals surface area contributed by atoms with Gasteiger partial charge in [-0.25, -0.2) is 10.8 Å². The van der Waals surface area contributed by atoms with Gasteiger partial charge in [-0.05, 0) is 24.0 Å². The summed E-state index contributed by atoms with van der Waals surface area (Å²) in [6, 6.07) is 3.18. The molecule has 0 aliphatic heterocycles. The Labute approximate surface area is 125 Å². The number of hydrazine groups is 1. The Kier molecular flexibility index (Phi) is 6.23. The van der Waals surface area contributed by atoms with Gasteiger partial charge in [0.15, 0.2) is 0 Å². The molecule has 0 radical (unpaired) electrons. The van der Waals surface area contributed by atoms with Gasteiger partial charge in [0, 0.05) is 18.7 Å². The Balaban J connectivity index is 3.01. The topological polar surface area (TPSA) is 71.2 Å². The second kappa shape index (κ2) is 7.45. The van der Waals surface area contributed by atoms with Gasteiger partial charge in [0.2, 0.25) is 0 Å². The second-order valence-corrected chi connectivity index (χ2v) is 6.09. The average molecular weight is 299 g/mol. The maximum atomic E-state index is 12.6. The van der Waals surface area contributed by atoms with Gasteiger partial charge < -0.3 is 10.3 Å². The van der Waals surface area contributed by atoms with E-state index in [-0.39, 0.29) is 11.1 Å². The standard InChI is InChI=1S/C14H23ClN4O/c1-9(2)7-19(8-10(3)4)14(20)11-5-12(15)17-13(6-11)18-16/h5-6,9-10H,7-8,16H2,1-4H3,(H,17,18). The maximum Gasteiger partial charge on any atom is 0.254 e. The third-order valence-electron chi connectivity index (χ3n) is 2.65. The van der Waals surface area contributed by atoms with Crippen molar-refractivity contribution in [2.45, 2.75) is 27.7 Å². The van der Waals surface area contributed by atoms with Crippen molar-refractivity contribution in [3.8, 4) is 0 Å². The molecular weight excluding hydrogens is 276 g/mol. The number of hydrogen-bond donors (Lipinski definition) is 2. The van der Waals surface area contributed by atoms with E-state index in [1.807, 2.05) is 4.90 Å². The van der Waals surface area contributed by atoms with E-state index in [1.165, 1.54) is 0 Å². The maximum absolute atomic E-state index is 12.6. The van der Waals surface area contributed by atoms with Crippen LogP contribution in [0.5, 0.6) is 0 Å². The SMILES string of the molecule is CC(C)CN(CC(C)C)C(=O)c1cc(Cl)nc(NN)c1. The minimum absolute atomic E-state index is 0.0480. The number of nitrogens with zero attached hydrogens (tertiary/aromatic N) is 2. The second-order valence-electron chi connectivity index (χ2n) is 5.71. The van der Waals surface area contributed by atoms with E-state index >= 15 is 0 Å². The number of aromatic nitrogens is 1. The lowest BCUT2D eigenvalue weighted by molar-refractivity contribution is 0.0715. The summed E-state index contributed by atoms with van der Waals surface area (Å²) in [4.78, 5) is 18.4. The first-order chi connectivity index (χ1) is 9.33. The number of nitrogens with one attached hydrogen (secondary N) is 1. The van der Waals surface area contributed by atoms with Crippen LogP contribution in [-0.2, 0) is 0 Å². The Morgan fingerprint density at radius 2 is 1.85 bits per heavy atom. The summed E-state index contributed by atoms with van der Waals surface area (Å²) in [5.41, 5.74) is 2.92. The lowest BCUT2D eigenvalue weighted by atomic mass is 10.1. The summed E-state index contributed by atoms with van der Waals surface area (Å²) in [6.07, 6.45) is 0. The lowest BCUT2D eigenvalue weighted by Gasteiger charge is -2.26. The predicted octanol–water partition coefficient (Wildman–Crippen LogP) is 2.77. The minimum Gasteiger partial charge on any atom is -0.338 e. The molecule has 0 bridgehead atoms. The fourth-order valence-corrected chi connectivity index (χ4v) is 2.21. The molecular formula is C14H23ClN4O. The van der Waals surface area contributed by atoms with E-state index in [0.717, 1.165) is 0 Å². The highest BCUT2D eigenvalue weighted by Gasteiger charge is 2.19. The number of carbonyl (C=O) groups is 1. The molecule has 0 spiro atoms. The molecule has 0 aliphatic carbocycles. The highest BCUT2D eigenvalue weighted by molar-refractivity contribution is 6.29. The van der Waals surface area contributed by atoms with Gasteiger partial charge >= 0.3 is 0 Å². The molecule has 0 unspecified atom stereocenters. The Hall–Kier alpha value is -1.33. The van der Waals surface area contributed by atoms with Crippen molar-refractivity contribution in [2.24, 2.45) is 17.7 Å². The monoisotopic (exact) mass is 298 g/mol. The van der Waals surface area contributed by atoms with Crippen LogP contribution in [0.4, 0.5) is 5.82 Å². The fourth-order valence-electron chi connectivity index (χ4n) is 2.00. The average Bonchev–Trinajstić information content (AvgIpc) is 2.35. The molecule has 0 aliphatic rings. The molecule has 1 heterocycles. The van der Waals surface area contributed by atoms with Gasteiger partial charge in [0.1, 0.15) is 11.0 Å². The summed E-state index contributed by atoms with van der Waals surface area (Å²) in [5, 5.41) is 0.248. The van der Waals surface area contributed by atoms with Crippen LogP contribution < -0.4 is 11.3 Å². The van der Waals surface area contributed by atoms with Crippen molar-refractivity contribution in [1.82, 2.24) is 9.88 Å². The molecule has 112 valence electrons. The molecule has 0 fully saturated rings. The van der Waals surface area contributed by atoms with Crippen LogP contribution in [-0.4, -0.2) is 28.9 Å². The van der Waals surface area contributed by atoms with Crippen molar-refractivity contribution in [3.05, 3.63) is 22.8 Å². The van der Waals surface area contributed by atoms with Crippen molar-refractivity contribution < 1.29 is 4.79 Å². The van der Waals surface area contributed by atoms with Gasteiger partial charge in [0.05, 0.1) is 0 Å². The number of halogens is 1. The van der Waals surface area contributed by atoms with Crippen molar-refractivity contribution in [2.75, 3.05) is 18.5 Å². The largest absolute Gasteiger partial charge is 0.338 e. The quantitative estimate of drug-likeness (QED) is 0.481. The summed E-state index contributed by atoms with van der Waals surface area (Å²) in [7, 11) is 0. The zero-order chi connectivity index (χ0) is 15.3. The molecule has 0 saturated heterocycles. The van der Waals surface area contributed by atoms with E-state index in [0.29, 0.717) is 36.3 Å². The number of pyridine rings is 1. The molecule has 0 saturated carbocycles. The van der Waals surface area contributed by atoms with Gasteiger partial charge in [0.25, 0.3) is 5.91 Å². The number of amides is 1. The predicted molar refractivity (Wildman–Crippen MR) is 82.6 cm³/mol. The van der Waals surface area contributed by atoms with E-state index in [1.54, 1.807) is 12.1 Å². The summed E-state index contributed by atoms with van der Waals surface area (Å²) >= 11 is 5.91. The summed E-state index contributed by atoms with van der Waals surface area (Å²) in [6.45, 7) is 9.78. The van der Waals surface area contributed by atoms with Crippen molar-refractivity contribution in [3.63, 3.8) is 0 Å². The van der Waals surface area contributed by atoms with Crippen LogP contribution in [0.15, 0.2) is 12.1 Å². The minimum atomic E-state index is -0.0480. The third-order valence-corrected chi connectivity index (χ3v) is 2.84. The molecule has 1 aromatic heterocycles. The van der Waals surface area contributed by atoms with Crippen LogP contribution in [0.3, 0.4) is 0 Å². The summed E-state index contributed by atoms with van der Waals surface area (Å²) in [5.74, 6) is 6.47. The Morgan fingerprint density at radius 3 is 2.30 bits per heavy atom. The zero-order valence-electron chi connectivity index (χ0n) is 12.5. The van der Waals surface area contributed by atoms with Crippen molar-refractivity contribution in [1.29, 1.82) is 0 Å². The van der Waals surface area contributed by atoms with Crippen LogP contribution in [0.25, 0.3) is 0 Å². The molecule has 1 amide bonds. The number of hydrogen-bond acceptors (Lipinski definition) is 4. The summed E-state index contributed by atoms with van der Waals surface area (Å²) < 4.78 is 0. The molecule has 20 heavy (non-hydrogen) atoms. The molecule has 0 atom stereocenters. The molecule has 1 rings (SSSR count). The molecule has 0 aromatic carbocycles. The first-order valence-electron chi connectivity index (χ1n) is 6.77. The van der Waals surface area contributed by atoms with Gasteiger partial charge in [-0.15, -0.1) is 0 Å². The highest BCUT2D eigenvalue weighted by Crippen LogP contribution is 2.17. The van der Waals surface area contributed by atoms with Crippen molar-refractivity contribution >= 4 is 23.3 Å². The zero-order valence-corrected chi connectivity index (χ0v) is 13.2. The Morgan fingerprint density at radius 1 is 1.30 bits per heavy atom. The van der Waals surface area contributed by atoms with E-state index < -0.39 is 0 Å². The fraction of sp³-hybridized carbons (Fsp3) is 0.571. The first kappa shape index (κ1) is 16.7. The normalized spacial score (nSPS) is 11.0. The van der Waals surface area contributed by atoms with Crippen LogP contribution in [0.1, 0.15) is 38.1 Å². The van der Waals surface area contributed by atoms with E-state index in [4.69, 9.17) is 17.4 Å². The number of nitrogens with two attached hydrogens (primary N) is 1. The van der Waals surface area contributed by atoms with Crippen LogP contribution in [0, 0.1) is 11.8 Å². The lowest BCUT2D eigenvalue weighted by Crippen LogP contribution is -2.37. The van der Waals surface area contributed by atoms with E-state index in [2.05, 4.69) is 38.1 Å². The molecule has 6 heteroatoms. The van der Waals surface area contributed by atoms with Gasteiger partial charge in [-0.1, -0.05) is 39.3 Å². The number of carbonyl (C=O) groups excluding carboxylic acids is 1. The van der Waals surface area contributed by atoms with Gasteiger partial charge in [-0.3, -0.25) is 4.79 Å². The van der Waals surface area contributed by atoms with Gasteiger partial charge in [-0.2, -0.15) is 0 Å². The number of nitrogen functional groups attached to an aromatic ring is 1. The third kappa shape index (κ3) is 4.98.